The second-order valence-electron chi connectivity index (χ2n) is 7.56. The Hall–Kier alpha value is -2.21. The molecule has 2 atom stereocenters. The lowest BCUT2D eigenvalue weighted by atomic mass is 9.93. The van der Waals surface area contributed by atoms with Crippen molar-refractivity contribution < 1.29 is 9.59 Å². The lowest BCUT2D eigenvalue weighted by Crippen LogP contribution is -2.36. The van der Waals surface area contributed by atoms with E-state index in [9.17, 15) is 9.59 Å². The van der Waals surface area contributed by atoms with Crippen LogP contribution in [0.2, 0.25) is 0 Å². The van der Waals surface area contributed by atoms with E-state index in [0.29, 0.717) is 37.6 Å². The van der Waals surface area contributed by atoms with Crippen LogP contribution in [0.1, 0.15) is 42.7 Å². The minimum absolute atomic E-state index is 0.0469. The highest BCUT2D eigenvalue weighted by atomic mass is 16.2. The first kappa shape index (κ1) is 18.6. The second-order valence-corrected chi connectivity index (χ2v) is 7.56. The van der Waals surface area contributed by atoms with Gasteiger partial charge in [0.1, 0.15) is 0 Å². The molecule has 1 aromatic carbocycles. The number of carbonyl (C=O) groups is 2. The highest BCUT2D eigenvalue weighted by molar-refractivity contribution is 5.94. The van der Waals surface area contributed by atoms with Crippen LogP contribution in [0.25, 0.3) is 0 Å². The van der Waals surface area contributed by atoms with Crippen LogP contribution in [0.4, 0.5) is 0 Å². The summed E-state index contributed by atoms with van der Waals surface area (Å²) >= 11 is 0. The Bertz CT molecular complexity index is 696. The molecule has 6 heteroatoms. The first-order chi connectivity index (χ1) is 12.4. The number of hydrazone groups is 1. The molecule has 140 valence electrons. The molecule has 1 fully saturated rings. The van der Waals surface area contributed by atoms with Crippen LogP contribution >= 0.6 is 0 Å². The fourth-order valence-electron chi connectivity index (χ4n) is 3.76. The Labute approximate surface area is 155 Å². The molecule has 0 saturated carbocycles. The van der Waals surface area contributed by atoms with Crippen LogP contribution in [0.15, 0.2) is 29.4 Å². The zero-order valence-electron chi connectivity index (χ0n) is 15.9. The van der Waals surface area contributed by atoms with Gasteiger partial charge in [-0.25, -0.2) is 5.43 Å². The molecule has 0 aliphatic carbocycles. The summed E-state index contributed by atoms with van der Waals surface area (Å²) in [5, 5.41) is 4.06. The molecular formula is C20H28N4O2. The number of nitrogens with zero attached hydrogens (tertiary/aromatic N) is 3. The molecule has 1 aromatic rings. The monoisotopic (exact) mass is 356 g/mol. The molecule has 2 heterocycles. The second kappa shape index (κ2) is 7.99. The molecule has 0 spiro atoms. The zero-order chi connectivity index (χ0) is 18.7. The number of hydrogen-bond acceptors (Lipinski definition) is 4. The molecule has 0 bridgehead atoms. The van der Waals surface area contributed by atoms with Gasteiger partial charge in [0.2, 0.25) is 11.8 Å². The topological polar surface area (TPSA) is 65.0 Å². The van der Waals surface area contributed by atoms with Gasteiger partial charge >= 0.3 is 0 Å². The number of carbonyl (C=O) groups excluding carboxylic acids is 2. The van der Waals surface area contributed by atoms with Crippen LogP contribution in [0.3, 0.4) is 0 Å². The van der Waals surface area contributed by atoms with E-state index in [4.69, 9.17) is 0 Å². The molecule has 3 rings (SSSR count). The van der Waals surface area contributed by atoms with Crippen LogP contribution in [-0.2, 0) is 9.59 Å². The summed E-state index contributed by atoms with van der Waals surface area (Å²) in [7, 11) is 4.17. The largest absolute Gasteiger partial charge is 0.340 e. The average Bonchev–Trinajstić information content (AvgIpc) is 3.07. The third kappa shape index (κ3) is 4.30. The highest BCUT2D eigenvalue weighted by Gasteiger charge is 2.37. The molecule has 1 N–H and O–H groups in total. The molecule has 0 aromatic heterocycles. The minimum Gasteiger partial charge on any atom is -0.340 e. The fraction of sp³-hybridized carbons (Fsp3) is 0.550. The van der Waals surface area contributed by atoms with Crippen molar-refractivity contribution in [2.24, 2.45) is 5.10 Å². The standard InChI is InChI=1S/C20H28N4O2/c1-14-4-6-15(7-5-14)17-12-24(13-18(17)23(2)3)20(26)11-9-16-8-10-19(25)22-21-16/h4-7,17-18H,8-13H2,1-3H3,(H,22,25). The van der Waals surface area contributed by atoms with Crippen LogP contribution in [-0.4, -0.2) is 60.6 Å². The smallest absolute Gasteiger partial charge is 0.240 e. The van der Waals surface area contributed by atoms with Crippen molar-refractivity contribution in [3.63, 3.8) is 0 Å². The van der Waals surface area contributed by atoms with Crippen LogP contribution in [0, 0.1) is 6.92 Å². The Morgan fingerprint density at radius 1 is 1.23 bits per heavy atom. The van der Waals surface area contributed by atoms with E-state index in [2.05, 4.69) is 60.7 Å². The fourth-order valence-corrected chi connectivity index (χ4v) is 3.76. The van der Waals surface area contributed by atoms with E-state index in [0.717, 1.165) is 18.8 Å². The molecule has 0 radical (unpaired) electrons. The maximum absolute atomic E-state index is 12.7. The third-order valence-electron chi connectivity index (χ3n) is 5.42. The molecule has 1 saturated heterocycles. The van der Waals surface area contributed by atoms with Gasteiger partial charge in [-0.15, -0.1) is 0 Å². The SMILES string of the molecule is Cc1ccc(C2CN(C(=O)CCC3=NNC(=O)CC3)CC2N(C)C)cc1. The number of benzene rings is 1. The van der Waals surface area contributed by atoms with Gasteiger partial charge in [0.05, 0.1) is 0 Å². The van der Waals surface area contributed by atoms with Gasteiger partial charge in [-0.3, -0.25) is 9.59 Å². The van der Waals surface area contributed by atoms with Crippen molar-refractivity contribution in [3.8, 4) is 0 Å². The lowest BCUT2D eigenvalue weighted by molar-refractivity contribution is -0.130. The molecular weight excluding hydrogens is 328 g/mol. The maximum atomic E-state index is 12.7. The number of amides is 2. The van der Waals surface area contributed by atoms with E-state index in [1.165, 1.54) is 11.1 Å². The molecule has 2 aliphatic heterocycles. The van der Waals surface area contributed by atoms with Crippen molar-refractivity contribution in [1.82, 2.24) is 15.2 Å². The third-order valence-corrected chi connectivity index (χ3v) is 5.42. The van der Waals surface area contributed by atoms with Gasteiger partial charge in [0, 0.05) is 43.6 Å². The summed E-state index contributed by atoms with van der Waals surface area (Å²) in [6, 6.07) is 8.98. The summed E-state index contributed by atoms with van der Waals surface area (Å²) in [5.74, 6) is 0.460. The number of likely N-dealkylation sites (tertiary alicyclic amines) is 1. The Morgan fingerprint density at radius 3 is 2.58 bits per heavy atom. The van der Waals surface area contributed by atoms with Crippen molar-refractivity contribution >= 4 is 17.5 Å². The summed E-state index contributed by atoms with van der Waals surface area (Å²) in [4.78, 5) is 28.1. The normalized spacial score (nSPS) is 23.2. The van der Waals surface area contributed by atoms with Gasteiger partial charge in [0.15, 0.2) is 0 Å². The molecule has 2 unspecified atom stereocenters. The van der Waals surface area contributed by atoms with Crippen molar-refractivity contribution in [3.05, 3.63) is 35.4 Å². The Morgan fingerprint density at radius 2 is 1.96 bits per heavy atom. The number of rotatable bonds is 5. The number of hydrogen-bond donors (Lipinski definition) is 1. The van der Waals surface area contributed by atoms with Crippen molar-refractivity contribution in [1.29, 1.82) is 0 Å². The van der Waals surface area contributed by atoms with Crippen molar-refractivity contribution in [2.75, 3.05) is 27.2 Å². The molecule has 2 aliphatic rings. The Kier molecular flexibility index (Phi) is 5.71. The van der Waals surface area contributed by atoms with Gasteiger partial charge < -0.3 is 9.80 Å². The molecule has 26 heavy (non-hydrogen) atoms. The number of aryl methyl sites for hydroxylation is 1. The van der Waals surface area contributed by atoms with E-state index >= 15 is 0 Å². The average molecular weight is 356 g/mol. The summed E-state index contributed by atoms with van der Waals surface area (Å²) in [5.41, 5.74) is 5.96. The predicted octanol–water partition coefficient (Wildman–Crippen LogP) is 1.90. The minimum atomic E-state index is -0.0469. The van der Waals surface area contributed by atoms with Crippen LogP contribution in [0.5, 0.6) is 0 Å². The van der Waals surface area contributed by atoms with E-state index < -0.39 is 0 Å². The molecule has 6 nitrogen and oxygen atoms in total. The van der Waals surface area contributed by atoms with E-state index in [1.807, 2.05) is 4.90 Å². The van der Waals surface area contributed by atoms with E-state index in [1.54, 1.807) is 0 Å². The van der Waals surface area contributed by atoms with Gasteiger partial charge in [0.25, 0.3) is 0 Å². The highest BCUT2D eigenvalue weighted by Crippen LogP contribution is 2.31. The van der Waals surface area contributed by atoms with Gasteiger partial charge in [-0.2, -0.15) is 5.10 Å². The maximum Gasteiger partial charge on any atom is 0.240 e. The zero-order valence-corrected chi connectivity index (χ0v) is 15.9. The number of nitrogens with one attached hydrogen (secondary N) is 1. The Balaban J connectivity index is 1.62. The van der Waals surface area contributed by atoms with Crippen LogP contribution < -0.4 is 5.43 Å². The summed E-state index contributed by atoms with van der Waals surface area (Å²) < 4.78 is 0. The first-order valence-corrected chi connectivity index (χ1v) is 9.29. The van der Waals surface area contributed by atoms with E-state index in [-0.39, 0.29) is 11.8 Å². The first-order valence-electron chi connectivity index (χ1n) is 9.29. The quantitative estimate of drug-likeness (QED) is 0.876. The predicted molar refractivity (Wildman–Crippen MR) is 102 cm³/mol. The summed E-state index contributed by atoms with van der Waals surface area (Å²) in [6.45, 7) is 3.61. The summed E-state index contributed by atoms with van der Waals surface area (Å²) in [6.07, 6.45) is 2.20. The lowest BCUT2D eigenvalue weighted by Gasteiger charge is -2.25. The molecule has 2 amide bonds. The van der Waals surface area contributed by atoms with Gasteiger partial charge in [-0.05, 0) is 39.4 Å². The van der Waals surface area contributed by atoms with Gasteiger partial charge in [-0.1, -0.05) is 29.8 Å². The number of likely N-dealkylation sites (N-methyl/N-ethyl adjacent to an activating group) is 1. The van der Waals surface area contributed by atoms with Crippen molar-refractivity contribution in [2.45, 2.75) is 44.6 Å².